The van der Waals surface area contributed by atoms with E-state index in [1.807, 2.05) is 0 Å². The number of nitrogens with one attached hydrogen (secondary N) is 2. The number of hydrogen-bond acceptors (Lipinski definition) is 5. The number of hydroxylamine groups is 2. The van der Waals surface area contributed by atoms with E-state index in [4.69, 9.17) is 16.4 Å². The molecule has 1 heterocycles. The van der Waals surface area contributed by atoms with Gasteiger partial charge in [0.1, 0.15) is 11.4 Å². The van der Waals surface area contributed by atoms with Crippen molar-refractivity contribution in [1.29, 1.82) is 0 Å². The van der Waals surface area contributed by atoms with Gasteiger partial charge in [0.05, 0.1) is 11.4 Å². The van der Waals surface area contributed by atoms with Crippen LogP contribution in [0.4, 0.5) is 29.3 Å². The third-order valence-electron chi connectivity index (χ3n) is 4.01. The van der Waals surface area contributed by atoms with E-state index in [1.54, 1.807) is 12.1 Å². The Morgan fingerprint density at radius 1 is 1.06 bits per heavy atom. The third-order valence-corrected chi connectivity index (χ3v) is 4.24. The predicted octanol–water partition coefficient (Wildman–Crippen LogP) is 5.19. The van der Waals surface area contributed by atoms with Crippen molar-refractivity contribution < 1.29 is 32.3 Å². The third kappa shape index (κ3) is 6.50. The number of carbonyl (C=O) groups is 2. The number of urea groups is 1. The molecular formula is C21H16ClF3N4O4. The topological polar surface area (TPSA) is 92.8 Å². The molecule has 3 rings (SSSR count). The Morgan fingerprint density at radius 3 is 2.48 bits per heavy atom. The Hall–Kier alpha value is -3.99. The number of aromatic nitrogens is 1. The van der Waals surface area contributed by atoms with Crippen LogP contribution in [0.25, 0.3) is 0 Å². The molecule has 8 nitrogen and oxygen atoms in total. The number of amides is 3. The van der Waals surface area contributed by atoms with Crippen molar-refractivity contribution in [3.63, 3.8) is 0 Å². The van der Waals surface area contributed by atoms with E-state index < -0.39 is 24.4 Å². The van der Waals surface area contributed by atoms with Crippen LogP contribution in [-0.2, 0) is 0 Å². The monoisotopic (exact) mass is 480 g/mol. The summed E-state index contributed by atoms with van der Waals surface area (Å²) in [5.41, 5.74) is -0.251. The first kappa shape index (κ1) is 23.7. The van der Waals surface area contributed by atoms with Crippen molar-refractivity contribution in [3.05, 3.63) is 77.3 Å². The van der Waals surface area contributed by atoms with Gasteiger partial charge in [0, 0.05) is 24.3 Å². The lowest BCUT2D eigenvalue weighted by Gasteiger charge is -2.18. The maximum atomic E-state index is 14.5. The maximum absolute atomic E-state index is 14.5. The summed E-state index contributed by atoms with van der Waals surface area (Å²) < 4.78 is 43.9. The number of ether oxygens (including phenoxy) is 1. The molecule has 2 N–H and O–H groups in total. The van der Waals surface area contributed by atoms with Crippen LogP contribution in [0, 0.1) is 5.82 Å². The molecule has 0 aliphatic heterocycles. The smallest absolute Gasteiger partial charge is 0.387 e. The summed E-state index contributed by atoms with van der Waals surface area (Å²) in [6.07, 6.45) is 1.44. The van der Waals surface area contributed by atoms with Crippen molar-refractivity contribution >= 4 is 34.9 Å². The Kier molecular flexibility index (Phi) is 7.57. The van der Waals surface area contributed by atoms with Crippen LogP contribution in [-0.4, -0.2) is 35.6 Å². The lowest BCUT2D eigenvalue weighted by molar-refractivity contribution is -0.0493. The molecule has 0 radical (unpaired) electrons. The van der Waals surface area contributed by atoms with Gasteiger partial charge in [-0.25, -0.2) is 9.18 Å². The van der Waals surface area contributed by atoms with E-state index in [2.05, 4.69) is 20.4 Å². The van der Waals surface area contributed by atoms with Crippen LogP contribution in [0.15, 0.2) is 60.8 Å². The molecule has 1 aromatic heterocycles. The van der Waals surface area contributed by atoms with Crippen LogP contribution >= 0.6 is 11.6 Å². The van der Waals surface area contributed by atoms with Gasteiger partial charge in [0.2, 0.25) is 0 Å². The largest absolute Gasteiger partial charge is 0.433 e. The zero-order valence-electron chi connectivity index (χ0n) is 16.9. The molecule has 0 aliphatic rings. The molecule has 0 unspecified atom stereocenters. The predicted molar refractivity (Wildman–Crippen MR) is 114 cm³/mol. The molecule has 0 atom stereocenters. The quantitative estimate of drug-likeness (QED) is 0.454. The van der Waals surface area contributed by atoms with Crippen LogP contribution in [0.3, 0.4) is 0 Å². The number of hydrogen-bond donors (Lipinski definition) is 2. The molecule has 2 aromatic carbocycles. The van der Waals surface area contributed by atoms with Crippen LogP contribution in [0.5, 0.6) is 11.5 Å². The summed E-state index contributed by atoms with van der Waals surface area (Å²) in [7, 11) is 1.33. The minimum atomic E-state index is -3.12. The summed E-state index contributed by atoms with van der Waals surface area (Å²) in [6, 6.07) is 10.9. The Morgan fingerprint density at radius 2 is 1.82 bits per heavy atom. The van der Waals surface area contributed by atoms with Gasteiger partial charge in [0.15, 0.2) is 11.6 Å². The van der Waals surface area contributed by atoms with Gasteiger partial charge in [-0.15, -0.1) is 0 Å². The highest BCUT2D eigenvalue weighted by Crippen LogP contribution is 2.30. The maximum Gasteiger partial charge on any atom is 0.387 e. The summed E-state index contributed by atoms with van der Waals surface area (Å²) in [5, 5.41) is 5.52. The zero-order valence-corrected chi connectivity index (χ0v) is 17.6. The van der Waals surface area contributed by atoms with Crippen molar-refractivity contribution in [2.75, 3.05) is 17.7 Å². The van der Waals surface area contributed by atoms with Gasteiger partial charge >= 0.3 is 18.5 Å². The molecule has 0 bridgehead atoms. The lowest BCUT2D eigenvalue weighted by Crippen LogP contribution is -2.30. The molecule has 12 heteroatoms. The van der Waals surface area contributed by atoms with E-state index in [0.717, 1.165) is 17.2 Å². The van der Waals surface area contributed by atoms with Gasteiger partial charge in [-0.3, -0.25) is 9.78 Å². The van der Waals surface area contributed by atoms with Gasteiger partial charge in [-0.05, 0) is 42.5 Å². The summed E-state index contributed by atoms with van der Waals surface area (Å²) in [5.74, 6) is -1.78. The number of pyridine rings is 1. The number of rotatable bonds is 7. The van der Waals surface area contributed by atoms with Crippen molar-refractivity contribution in [1.82, 2.24) is 10.0 Å². The molecule has 0 spiro atoms. The van der Waals surface area contributed by atoms with Gasteiger partial charge in [0.25, 0.3) is 0 Å². The van der Waals surface area contributed by atoms with Gasteiger partial charge in [-0.1, -0.05) is 17.7 Å². The number of anilines is 2. The molecule has 0 saturated carbocycles. The zero-order chi connectivity index (χ0) is 24.0. The minimum Gasteiger partial charge on any atom is -0.433 e. The first-order valence-corrected chi connectivity index (χ1v) is 9.59. The van der Waals surface area contributed by atoms with E-state index in [0.29, 0.717) is 0 Å². The first-order chi connectivity index (χ1) is 15.7. The second-order valence-electron chi connectivity index (χ2n) is 6.35. The number of carbonyl (C=O) groups excluding carboxylic acids is 2. The standard InChI is InChI=1S/C21H16ClF3N4O4/c1-29(19(30)16-4-2-3-9-26-16)33-13-6-7-15(14(23)11-13)27-21(31)28-17-10-12(22)5-8-18(17)32-20(24)25/h2-11,20H,1H3,(H2,27,28,31). The molecule has 0 fully saturated rings. The fourth-order valence-corrected chi connectivity index (χ4v) is 2.75. The number of alkyl halides is 2. The van der Waals surface area contributed by atoms with Crippen molar-refractivity contribution in [2.24, 2.45) is 0 Å². The molecule has 33 heavy (non-hydrogen) atoms. The second kappa shape index (κ2) is 10.6. The highest BCUT2D eigenvalue weighted by Gasteiger charge is 2.17. The Bertz CT molecular complexity index is 1150. The van der Waals surface area contributed by atoms with E-state index in [-0.39, 0.29) is 33.6 Å². The molecular weight excluding hydrogens is 465 g/mol. The first-order valence-electron chi connectivity index (χ1n) is 9.22. The number of nitrogens with zero attached hydrogens (tertiary/aromatic N) is 2. The fraction of sp³-hybridized carbons (Fsp3) is 0.0952. The van der Waals surface area contributed by atoms with Crippen LogP contribution in [0.2, 0.25) is 5.02 Å². The van der Waals surface area contributed by atoms with Crippen LogP contribution in [0.1, 0.15) is 10.5 Å². The van der Waals surface area contributed by atoms with Crippen LogP contribution < -0.4 is 20.2 Å². The van der Waals surface area contributed by atoms with Gasteiger partial charge in [-0.2, -0.15) is 13.8 Å². The molecule has 3 aromatic rings. The second-order valence-corrected chi connectivity index (χ2v) is 6.79. The highest BCUT2D eigenvalue weighted by atomic mass is 35.5. The average molecular weight is 481 g/mol. The number of benzene rings is 2. The Labute approximate surface area is 190 Å². The normalized spacial score (nSPS) is 10.5. The van der Waals surface area contributed by atoms with E-state index in [1.165, 1.54) is 43.6 Å². The summed E-state index contributed by atoms with van der Waals surface area (Å²) in [4.78, 5) is 33.7. The molecule has 0 saturated heterocycles. The Balaban J connectivity index is 1.65. The number of halogens is 4. The summed E-state index contributed by atoms with van der Waals surface area (Å²) in [6.45, 7) is -3.12. The van der Waals surface area contributed by atoms with Crippen molar-refractivity contribution in [2.45, 2.75) is 6.61 Å². The van der Waals surface area contributed by atoms with Gasteiger partial charge < -0.3 is 20.2 Å². The molecule has 0 aliphatic carbocycles. The molecule has 3 amide bonds. The minimum absolute atomic E-state index is 0.0206. The summed E-state index contributed by atoms with van der Waals surface area (Å²) >= 11 is 5.82. The van der Waals surface area contributed by atoms with E-state index >= 15 is 0 Å². The fourth-order valence-electron chi connectivity index (χ4n) is 2.58. The lowest BCUT2D eigenvalue weighted by atomic mass is 10.3. The average Bonchev–Trinajstić information content (AvgIpc) is 2.77. The SMILES string of the molecule is CN(Oc1ccc(NC(=O)Nc2cc(Cl)ccc2OC(F)F)c(F)c1)C(=O)c1ccccn1. The van der Waals surface area contributed by atoms with E-state index in [9.17, 15) is 22.8 Å². The molecule has 172 valence electrons. The van der Waals surface area contributed by atoms with Crippen molar-refractivity contribution in [3.8, 4) is 11.5 Å². The highest BCUT2D eigenvalue weighted by molar-refractivity contribution is 6.31.